The predicted molar refractivity (Wildman–Crippen MR) is 124 cm³/mol. The number of anilines is 1. The second kappa shape index (κ2) is 8.90. The first-order chi connectivity index (χ1) is 15.0. The van der Waals surface area contributed by atoms with Gasteiger partial charge in [-0.3, -0.25) is 15.1 Å². The monoisotopic (exact) mass is 439 g/mol. The smallest absolute Gasteiger partial charge is 0.412 e. The topological polar surface area (TPSA) is 91.7 Å². The zero-order valence-electron chi connectivity index (χ0n) is 19.3. The van der Waals surface area contributed by atoms with Crippen LogP contribution in [-0.4, -0.2) is 35.0 Å². The fourth-order valence-electron chi connectivity index (χ4n) is 3.13. The number of benzene rings is 1. The molecule has 0 aliphatic rings. The van der Waals surface area contributed by atoms with Gasteiger partial charge in [0.2, 0.25) is 0 Å². The van der Waals surface area contributed by atoms with Gasteiger partial charge in [0.15, 0.2) is 0 Å². The summed E-state index contributed by atoms with van der Waals surface area (Å²) in [5.41, 5.74) is -0.334. The standard InChI is InChI=1S/C24H29N3O5/c1-23(2,3)32-22(29)26-16-7-10-21(28)27(14-16)24(4,5)15-31-20-11-12-25-19-13-17(30-6)8-9-18(19)20/h7-14H,15H2,1-6H3,(H,26,29). The van der Waals surface area contributed by atoms with Crippen LogP contribution < -0.4 is 20.3 Å². The quantitative estimate of drug-likeness (QED) is 0.605. The molecule has 8 nitrogen and oxygen atoms in total. The summed E-state index contributed by atoms with van der Waals surface area (Å²) in [6, 6.07) is 10.3. The van der Waals surface area contributed by atoms with E-state index in [-0.39, 0.29) is 12.2 Å². The van der Waals surface area contributed by atoms with Gasteiger partial charge < -0.3 is 18.8 Å². The van der Waals surface area contributed by atoms with Crippen molar-refractivity contribution in [2.45, 2.75) is 45.8 Å². The first kappa shape index (κ1) is 23.1. The number of methoxy groups -OCH3 is 1. The minimum atomic E-state index is -0.704. The Morgan fingerprint density at radius 1 is 1.09 bits per heavy atom. The van der Waals surface area contributed by atoms with E-state index >= 15 is 0 Å². The first-order valence-electron chi connectivity index (χ1n) is 10.3. The average molecular weight is 440 g/mol. The molecular weight excluding hydrogens is 410 g/mol. The molecule has 0 unspecified atom stereocenters. The molecule has 0 fully saturated rings. The van der Waals surface area contributed by atoms with Gasteiger partial charge in [0, 0.05) is 29.9 Å². The molecule has 0 radical (unpaired) electrons. The maximum absolute atomic E-state index is 12.6. The molecule has 170 valence electrons. The molecule has 0 saturated carbocycles. The molecule has 0 bridgehead atoms. The number of ether oxygens (including phenoxy) is 3. The van der Waals surface area contributed by atoms with Gasteiger partial charge in [-0.25, -0.2) is 4.79 Å². The van der Waals surface area contributed by atoms with Gasteiger partial charge in [-0.2, -0.15) is 0 Å². The van der Waals surface area contributed by atoms with Crippen molar-refractivity contribution in [1.82, 2.24) is 9.55 Å². The van der Waals surface area contributed by atoms with Crippen molar-refractivity contribution in [2.24, 2.45) is 0 Å². The summed E-state index contributed by atoms with van der Waals surface area (Å²) in [6.45, 7) is 9.34. The summed E-state index contributed by atoms with van der Waals surface area (Å²) in [7, 11) is 1.60. The molecule has 1 aromatic carbocycles. The summed E-state index contributed by atoms with van der Waals surface area (Å²) >= 11 is 0. The summed E-state index contributed by atoms with van der Waals surface area (Å²) in [6.07, 6.45) is 2.67. The lowest BCUT2D eigenvalue weighted by Gasteiger charge is -2.28. The van der Waals surface area contributed by atoms with Crippen LogP contribution >= 0.6 is 0 Å². The van der Waals surface area contributed by atoms with Gasteiger partial charge in [0.05, 0.1) is 23.9 Å². The third-order valence-corrected chi connectivity index (χ3v) is 4.70. The van der Waals surface area contributed by atoms with E-state index < -0.39 is 17.2 Å². The van der Waals surface area contributed by atoms with E-state index in [2.05, 4.69) is 10.3 Å². The summed E-state index contributed by atoms with van der Waals surface area (Å²) in [4.78, 5) is 29.0. The largest absolute Gasteiger partial charge is 0.497 e. The molecule has 8 heteroatoms. The number of hydrogen-bond donors (Lipinski definition) is 1. The molecule has 0 saturated heterocycles. The summed E-state index contributed by atoms with van der Waals surface area (Å²) in [5.74, 6) is 1.37. The van der Waals surface area contributed by atoms with E-state index in [1.165, 1.54) is 10.6 Å². The minimum absolute atomic E-state index is 0.210. The Kier molecular flexibility index (Phi) is 6.43. The maximum Gasteiger partial charge on any atom is 0.412 e. The molecule has 3 rings (SSSR count). The number of amides is 1. The number of carbonyl (C=O) groups is 1. The van der Waals surface area contributed by atoms with Crippen molar-refractivity contribution in [3.8, 4) is 11.5 Å². The molecule has 0 aliphatic carbocycles. The van der Waals surface area contributed by atoms with Crippen LogP contribution in [0.5, 0.6) is 11.5 Å². The highest BCUT2D eigenvalue weighted by atomic mass is 16.6. The second-order valence-corrected chi connectivity index (χ2v) is 9.05. The van der Waals surface area contributed by atoms with Gasteiger partial charge in [-0.15, -0.1) is 0 Å². The summed E-state index contributed by atoms with van der Waals surface area (Å²) in [5, 5.41) is 3.51. The lowest BCUT2D eigenvalue weighted by Crippen LogP contribution is -2.40. The van der Waals surface area contributed by atoms with Crippen molar-refractivity contribution >= 4 is 22.7 Å². The molecule has 3 aromatic rings. The molecule has 32 heavy (non-hydrogen) atoms. The van der Waals surface area contributed by atoms with E-state index in [9.17, 15) is 9.59 Å². The second-order valence-electron chi connectivity index (χ2n) is 9.05. The van der Waals surface area contributed by atoms with Crippen molar-refractivity contribution in [3.05, 3.63) is 59.1 Å². The normalized spacial score (nSPS) is 11.8. The highest BCUT2D eigenvalue weighted by molar-refractivity contribution is 5.86. The van der Waals surface area contributed by atoms with E-state index in [0.29, 0.717) is 17.2 Å². The molecule has 1 amide bonds. The van der Waals surface area contributed by atoms with Gasteiger partial charge in [-0.1, -0.05) is 0 Å². The predicted octanol–water partition coefficient (Wildman–Crippen LogP) is 4.57. The molecule has 1 N–H and O–H groups in total. The Hall–Kier alpha value is -3.55. The van der Waals surface area contributed by atoms with Gasteiger partial charge in [0.25, 0.3) is 5.56 Å². The fourth-order valence-corrected chi connectivity index (χ4v) is 3.13. The Labute approximate surface area is 187 Å². The van der Waals surface area contributed by atoms with Gasteiger partial charge in [0.1, 0.15) is 23.7 Å². The third-order valence-electron chi connectivity index (χ3n) is 4.70. The Morgan fingerprint density at radius 3 is 2.53 bits per heavy atom. The van der Waals surface area contributed by atoms with Crippen molar-refractivity contribution in [3.63, 3.8) is 0 Å². The number of hydrogen-bond acceptors (Lipinski definition) is 6. The van der Waals surface area contributed by atoms with Crippen LogP contribution in [0.1, 0.15) is 34.6 Å². The highest BCUT2D eigenvalue weighted by Crippen LogP contribution is 2.28. The zero-order valence-corrected chi connectivity index (χ0v) is 19.3. The molecule has 2 aromatic heterocycles. The number of nitrogens with zero attached hydrogens (tertiary/aromatic N) is 2. The van der Waals surface area contributed by atoms with E-state index in [4.69, 9.17) is 14.2 Å². The third kappa shape index (κ3) is 5.57. The molecule has 0 atom stereocenters. The van der Waals surface area contributed by atoms with Crippen LogP contribution in [0.2, 0.25) is 0 Å². The number of rotatable bonds is 6. The van der Waals surface area contributed by atoms with E-state index in [1.807, 2.05) is 32.0 Å². The summed E-state index contributed by atoms with van der Waals surface area (Å²) < 4.78 is 18.2. The zero-order chi connectivity index (χ0) is 23.5. The average Bonchev–Trinajstić information content (AvgIpc) is 2.71. The SMILES string of the molecule is COc1ccc2c(OCC(C)(C)n3cc(NC(=O)OC(C)(C)C)ccc3=O)ccnc2c1. The molecule has 2 heterocycles. The van der Waals surface area contributed by atoms with Crippen LogP contribution in [0.3, 0.4) is 0 Å². The van der Waals surface area contributed by atoms with Crippen LogP contribution in [0.15, 0.2) is 53.6 Å². The van der Waals surface area contributed by atoms with E-state index in [1.54, 1.807) is 52.4 Å². The fraction of sp³-hybridized carbons (Fsp3) is 0.375. The lowest BCUT2D eigenvalue weighted by atomic mass is 10.1. The Balaban J connectivity index is 1.80. The Bertz CT molecular complexity index is 1180. The van der Waals surface area contributed by atoms with Crippen molar-refractivity contribution in [2.75, 3.05) is 19.0 Å². The van der Waals surface area contributed by atoms with Crippen LogP contribution in [0, 0.1) is 0 Å². The highest BCUT2D eigenvalue weighted by Gasteiger charge is 2.24. The van der Waals surface area contributed by atoms with Crippen LogP contribution in [0.4, 0.5) is 10.5 Å². The molecular formula is C24H29N3O5. The maximum atomic E-state index is 12.6. The Morgan fingerprint density at radius 2 is 1.84 bits per heavy atom. The molecule has 0 spiro atoms. The van der Waals surface area contributed by atoms with Crippen LogP contribution in [-0.2, 0) is 10.3 Å². The number of fused-ring (bicyclic) bond motifs is 1. The molecule has 0 aliphatic heterocycles. The number of carbonyl (C=O) groups excluding carboxylic acids is 1. The number of aromatic nitrogens is 2. The van der Waals surface area contributed by atoms with Crippen molar-refractivity contribution in [1.29, 1.82) is 0 Å². The lowest BCUT2D eigenvalue weighted by molar-refractivity contribution is 0.0635. The minimum Gasteiger partial charge on any atom is -0.497 e. The number of pyridine rings is 2. The van der Waals surface area contributed by atoms with Crippen LogP contribution in [0.25, 0.3) is 10.9 Å². The van der Waals surface area contributed by atoms with Gasteiger partial charge in [-0.05, 0) is 58.9 Å². The van der Waals surface area contributed by atoms with Gasteiger partial charge >= 0.3 is 6.09 Å². The first-order valence-corrected chi connectivity index (χ1v) is 10.3. The number of nitrogens with one attached hydrogen (secondary N) is 1. The van der Waals surface area contributed by atoms with E-state index in [0.717, 1.165) is 10.9 Å². The van der Waals surface area contributed by atoms with Crippen molar-refractivity contribution < 1.29 is 19.0 Å².